The van der Waals surface area contributed by atoms with Gasteiger partial charge in [-0.15, -0.1) is 0 Å². The molecule has 2 aromatic rings. The van der Waals surface area contributed by atoms with Crippen LogP contribution in [0.4, 0.5) is 0 Å². The number of benzene rings is 1. The molecule has 1 aromatic carbocycles. The second kappa shape index (κ2) is 5.87. The lowest BCUT2D eigenvalue weighted by Crippen LogP contribution is -2.33. The maximum atomic E-state index is 4.74. The Hall–Kier alpha value is -1.49. The summed E-state index contributed by atoms with van der Waals surface area (Å²) in [6, 6.07) is 13.1. The van der Waals surface area contributed by atoms with Crippen LogP contribution in [-0.4, -0.2) is 36.1 Å². The quantitative estimate of drug-likeness (QED) is 0.888. The van der Waals surface area contributed by atoms with Crippen LogP contribution in [0.3, 0.4) is 0 Å². The van der Waals surface area contributed by atoms with Crippen molar-refractivity contribution in [1.29, 1.82) is 0 Å². The molecule has 1 aromatic heterocycles. The van der Waals surface area contributed by atoms with Crippen molar-refractivity contribution in [3.05, 3.63) is 42.1 Å². The predicted octanol–water partition coefficient (Wildman–Crippen LogP) is 1.78. The molecule has 3 rings (SSSR count). The standard InChI is InChI=1S/C16H22N4/c1-12-14(9-17-19-12)10-20(2)11-15-8-7-13-5-3-4-6-16(13)18-15/h3-8,12,14,17,19H,9-11H2,1-2H3. The fourth-order valence-corrected chi connectivity index (χ4v) is 2.81. The van der Waals surface area contributed by atoms with Gasteiger partial charge >= 0.3 is 0 Å². The van der Waals surface area contributed by atoms with Crippen LogP contribution in [0.1, 0.15) is 12.6 Å². The normalized spacial score (nSPS) is 22.8. The van der Waals surface area contributed by atoms with Crippen LogP contribution in [0.2, 0.25) is 0 Å². The van der Waals surface area contributed by atoms with Crippen LogP contribution < -0.4 is 10.9 Å². The van der Waals surface area contributed by atoms with Crippen molar-refractivity contribution in [3.8, 4) is 0 Å². The number of aromatic nitrogens is 1. The number of rotatable bonds is 4. The first kappa shape index (κ1) is 13.5. The summed E-state index contributed by atoms with van der Waals surface area (Å²) in [5.41, 5.74) is 8.71. The number of hydrazine groups is 1. The largest absolute Gasteiger partial charge is 0.300 e. The average molecular weight is 270 g/mol. The van der Waals surface area contributed by atoms with E-state index in [4.69, 9.17) is 4.98 Å². The molecular weight excluding hydrogens is 248 g/mol. The Morgan fingerprint density at radius 3 is 2.90 bits per heavy atom. The minimum absolute atomic E-state index is 0.530. The van der Waals surface area contributed by atoms with E-state index in [-0.39, 0.29) is 0 Å². The molecule has 0 bridgehead atoms. The molecule has 2 N–H and O–H groups in total. The molecular formula is C16H22N4. The van der Waals surface area contributed by atoms with E-state index in [0.29, 0.717) is 12.0 Å². The Morgan fingerprint density at radius 2 is 2.10 bits per heavy atom. The number of para-hydroxylation sites is 1. The Labute approximate surface area is 120 Å². The van der Waals surface area contributed by atoms with Crippen LogP contribution in [-0.2, 0) is 6.54 Å². The molecule has 1 saturated heterocycles. The highest BCUT2D eigenvalue weighted by atomic mass is 15.4. The average Bonchev–Trinajstić information content (AvgIpc) is 2.84. The van der Waals surface area contributed by atoms with Gasteiger partial charge in [0.2, 0.25) is 0 Å². The van der Waals surface area contributed by atoms with E-state index in [9.17, 15) is 0 Å². The third-order valence-electron chi connectivity index (χ3n) is 4.04. The molecule has 4 heteroatoms. The zero-order valence-electron chi connectivity index (χ0n) is 12.1. The van der Waals surface area contributed by atoms with Crippen molar-refractivity contribution in [2.45, 2.75) is 19.5 Å². The molecule has 1 fully saturated rings. The summed E-state index contributed by atoms with van der Waals surface area (Å²) in [5.74, 6) is 0.653. The molecule has 1 aliphatic heterocycles. The van der Waals surface area contributed by atoms with Crippen LogP contribution in [0, 0.1) is 5.92 Å². The molecule has 0 saturated carbocycles. The predicted molar refractivity (Wildman–Crippen MR) is 82.2 cm³/mol. The minimum atomic E-state index is 0.530. The van der Waals surface area contributed by atoms with Crippen molar-refractivity contribution in [1.82, 2.24) is 20.7 Å². The molecule has 1 aliphatic rings. The number of hydrogen-bond acceptors (Lipinski definition) is 4. The zero-order chi connectivity index (χ0) is 13.9. The fraction of sp³-hybridized carbons (Fsp3) is 0.438. The number of nitrogens with zero attached hydrogens (tertiary/aromatic N) is 2. The van der Waals surface area contributed by atoms with Crippen molar-refractivity contribution in [2.24, 2.45) is 5.92 Å². The topological polar surface area (TPSA) is 40.2 Å². The number of pyridine rings is 1. The van der Waals surface area contributed by atoms with E-state index in [1.54, 1.807) is 0 Å². The van der Waals surface area contributed by atoms with E-state index < -0.39 is 0 Å². The van der Waals surface area contributed by atoms with Crippen LogP contribution in [0.25, 0.3) is 10.9 Å². The van der Waals surface area contributed by atoms with Crippen LogP contribution >= 0.6 is 0 Å². The lowest BCUT2D eigenvalue weighted by Gasteiger charge is -2.22. The lowest BCUT2D eigenvalue weighted by molar-refractivity contribution is 0.264. The van der Waals surface area contributed by atoms with Crippen molar-refractivity contribution in [3.63, 3.8) is 0 Å². The van der Waals surface area contributed by atoms with Crippen LogP contribution in [0.5, 0.6) is 0 Å². The SMILES string of the molecule is CC1NNCC1CN(C)Cc1ccc2ccccc2n1. The van der Waals surface area contributed by atoms with Gasteiger partial charge in [0.15, 0.2) is 0 Å². The summed E-state index contributed by atoms with van der Waals surface area (Å²) in [4.78, 5) is 7.09. The first-order valence-electron chi connectivity index (χ1n) is 7.24. The zero-order valence-corrected chi connectivity index (χ0v) is 12.1. The molecule has 2 atom stereocenters. The molecule has 2 unspecified atom stereocenters. The van der Waals surface area contributed by atoms with Crippen LogP contribution in [0.15, 0.2) is 36.4 Å². The molecule has 0 amide bonds. The molecule has 0 spiro atoms. The van der Waals surface area contributed by atoms with Gasteiger partial charge in [0.1, 0.15) is 0 Å². The third kappa shape index (κ3) is 2.98. The minimum Gasteiger partial charge on any atom is -0.300 e. The molecule has 0 aliphatic carbocycles. The van der Waals surface area contributed by atoms with Gasteiger partial charge < -0.3 is 4.90 Å². The first-order valence-corrected chi connectivity index (χ1v) is 7.24. The van der Waals surface area contributed by atoms with E-state index in [2.05, 4.69) is 60.1 Å². The van der Waals surface area contributed by atoms with E-state index >= 15 is 0 Å². The summed E-state index contributed by atoms with van der Waals surface area (Å²) in [6.07, 6.45) is 0. The van der Waals surface area contributed by atoms with E-state index in [1.165, 1.54) is 5.39 Å². The van der Waals surface area contributed by atoms with E-state index in [1.807, 2.05) is 6.07 Å². The Kier molecular flexibility index (Phi) is 3.96. The Bertz CT molecular complexity index is 583. The second-order valence-electron chi connectivity index (χ2n) is 5.77. The summed E-state index contributed by atoms with van der Waals surface area (Å²) in [6.45, 7) is 5.24. The van der Waals surface area contributed by atoms with Gasteiger partial charge in [-0.05, 0) is 26.1 Å². The van der Waals surface area contributed by atoms with E-state index in [0.717, 1.165) is 30.8 Å². The molecule has 20 heavy (non-hydrogen) atoms. The summed E-state index contributed by atoms with van der Waals surface area (Å²) < 4.78 is 0. The number of hydrogen-bond donors (Lipinski definition) is 2. The Balaban J connectivity index is 1.66. The summed E-state index contributed by atoms with van der Waals surface area (Å²) in [7, 11) is 2.17. The van der Waals surface area contributed by atoms with Gasteiger partial charge in [0.05, 0.1) is 11.2 Å². The summed E-state index contributed by atoms with van der Waals surface area (Å²) in [5, 5.41) is 1.21. The van der Waals surface area contributed by atoms with Gasteiger partial charge in [0.25, 0.3) is 0 Å². The van der Waals surface area contributed by atoms with Crippen molar-refractivity contribution < 1.29 is 0 Å². The molecule has 2 heterocycles. The van der Waals surface area contributed by atoms with Gasteiger partial charge in [-0.25, -0.2) is 0 Å². The fourth-order valence-electron chi connectivity index (χ4n) is 2.81. The van der Waals surface area contributed by atoms with Crippen molar-refractivity contribution >= 4 is 10.9 Å². The second-order valence-corrected chi connectivity index (χ2v) is 5.77. The Morgan fingerprint density at radius 1 is 1.25 bits per heavy atom. The molecule has 4 nitrogen and oxygen atoms in total. The monoisotopic (exact) mass is 270 g/mol. The lowest BCUT2D eigenvalue weighted by atomic mass is 10.0. The summed E-state index contributed by atoms with van der Waals surface area (Å²) >= 11 is 0. The van der Waals surface area contributed by atoms with Gasteiger partial charge in [-0.1, -0.05) is 24.3 Å². The maximum Gasteiger partial charge on any atom is 0.0705 e. The number of nitrogens with one attached hydrogen (secondary N) is 2. The third-order valence-corrected chi connectivity index (χ3v) is 4.04. The number of fused-ring (bicyclic) bond motifs is 1. The highest BCUT2D eigenvalue weighted by Gasteiger charge is 2.23. The smallest absolute Gasteiger partial charge is 0.0705 e. The van der Waals surface area contributed by atoms with Gasteiger partial charge in [-0.3, -0.25) is 15.8 Å². The molecule has 106 valence electrons. The highest BCUT2D eigenvalue weighted by molar-refractivity contribution is 5.78. The maximum absolute atomic E-state index is 4.74. The van der Waals surface area contributed by atoms with Gasteiger partial charge in [-0.2, -0.15) is 0 Å². The van der Waals surface area contributed by atoms with Gasteiger partial charge in [0, 0.05) is 37.0 Å². The molecule has 0 radical (unpaired) electrons. The van der Waals surface area contributed by atoms with Crippen molar-refractivity contribution in [2.75, 3.05) is 20.1 Å². The highest BCUT2D eigenvalue weighted by Crippen LogP contribution is 2.14. The first-order chi connectivity index (χ1) is 9.72.